The molecule has 0 spiro atoms. The molecule has 0 amide bonds. The van der Waals surface area contributed by atoms with Crippen molar-refractivity contribution in [2.24, 2.45) is 0 Å². The van der Waals surface area contributed by atoms with Gasteiger partial charge in [-0.2, -0.15) is 0 Å². The molecular weight excluding hydrogens is 363 g/mol. The molecule has 0 bridgehead atoms. The van der Waals surface area contributed by atoms with Gasteiger partial charge >= 0.3 is 5.97 Å². The Kier molecular flexibility index (Phi) is 5.38. The molecule has 0 aliphatic carbocycles. The Labute approximate surface area is 154 Å². The summed E-state index contributed by atoms with van der Waals surface area (Å²) in [6, 6.07) is 14.5. The highest BCUT2D eigenvalue weighted by Gasteiger charge is 2.24. The van der Waals surface area contributed by atoms with Crippen molar-refractivity contribution in [2.45, 2.75) is 13.1 Å². The quantitative estimate of drug-likeness (QED) is 0.655. The third kappa shape index (κ3) is 4.02. The van der Waals surface area contributed by atoms with Crippen molar-refractivity contribution in [1.29, 1.82) is 0 Å². The number of carboxylic acids is 1. The maximum Gasteiger partial charge on any atom is 0.341 e. The second-order valence-corrected chi connectivity index (χ2v) is 6.19. The summed E-state index contributed by atoms with van der Waals surface area (Å²) in [4.78, 5) is 11.7. The van der Waals surface area contributed by atoms with Gasteiger partial charge in [0.15, 0.2) is 5.76 Å². The van der Waals surface area contributed by atoms with Crippen LogP contribution in [0.2, 0.25) is 10.0 Å². The first-order valence-electron chi connectivity index (χ1n) is 7.48. The second-order valence-electron chi connectivity index (χ2n) is 5.35. The fourth-order valence-electron chi connectivity index (χ4n) is 2.45. The molecule has 5 nitrogen and oxygen atoms in total. The van der Waals surface area contributed by atoms with Crippen molar-refractivity contribution in [3.63, 3.8) is 0 Å². The van der Waals surface area contributed by atoms with E-state index in [-0.39, 0.29) is 23.6 Å². The van der Waals surface area contributed by atoms with E-state index in [1.165, 1.54) is 6.07 Å². The molecule has 3 aromatic rings. The molecule has 0 radical (unpaired) electrons. The molecule has 128 valence electrons. The first-order valence-corrected chi connectivity index (χ1v) is 8.23. The minimum absolute atomic E-state index is 0.00946. The maximum absolute atomic E-state index is 11.7. The normalized spacial score (nSPS) is 10.8. The third-order valence-corrected chi connectivity index (χ3v) is 4.17. The van der Waals surface area contributed by atoms with Gasteiger partial charge in [-0.3, -0.25) is 0 Å². The molecule has 2 N–H and O–H groups in total. The van der Waals surface area contributed by atoms with E-state index in [1.807, 2.05) is 30.3 Å². The van der Waals surface area contributed by atoms with E-state index < -0.39 is 5.97 Å². The zero-order chi connectivity index (χ0) is 17.8. The average molecular weight is 377 g/mol. The van der Waals surface area contributed by atoms with Gasteiger partial charge in [-0.1, -0.05) is 58.7 Å². The molecule has 0 aliphatic heterocycles. The summed E-state index contributed by atoms with van der Waals surface area (Å²) in [5, 5.41) is 17.4. The Balaban J connectivity index is 1.83. The number of nitrogens with one attached hydrogen (secondary N) is 1. The molecule has 0 unspecified atom stereocenters. The number of hydrogen-bond donors (Lipinski definition) is 2. The van der Waals surface area contributed by atoms with Gasteiger partial charge < -0.3 is 14.9 Å². The number of hydrogen-bond acceptors (Lipinski definition) is 4. The highest BCUT2D eigenvalue weighted by atomic mass is 35.5. The first kappa shape index (κ1) is 17.5. The monoisotopic (exact) mass is 376 g/mol. The first-order chi connectivity index (χ1) is 12.1. The van der Waals surface area contributed by atoms with E-state index in [4.69, 9.17) is 27.7 Å². The Morgan fingerprint density at radius 1 is 1.12 bits per heavy atom. The summed E-state index contributed by atoms with van der Waals surface area (Å²) in [7, 11) is 0. The standard InChI is InChI=1S/C18H14Cl2N2O3/c19-12-6-7-13(14(20)8-12)17-16(18(23)24)15(25-22-17)10-21-9-11-4-2-1-3-5-11/h1-8,21H,9-10H2,(H,23,24). The number of carboxylic acid groups (broad SMARTS) is 1. The summed E-state index contributed by atoms with van der Waals surface area (Å²) in [6.45, 7) is 0.812. The Morgan fingerprint density at radius 3 is 2.56 bits per heavy atom. The molecule has 0 saturated carbocycles. The molecule has 2 aromatic carbocycles. The fourth-order valence-corrected chi connectivity index (χ4v) is 2.94. The van der Waals surface area contributed by atoms with Gasteiger partial charge in [0, 0.05) is 17.1 Å². The van der Waals surface area contributed by atoms with E-state index in [0.29, 0.717) is 22.2 Å². The van der Waals surface area contributed by atoms with Crippen molar-refractivity contribution >= 4 is 29.2 Å². The molecule has 0 saturated heterocycles. The van der Waals surface area contributed by atoms with Crippen LogP contribution in [-0.4, -0.2) is 16.2 Å². The summed E-state index contributed by atoms with van der Waals surface area (Å²) in [5.74, 6) is -0.886. The van der Waals surface area contributed by atoms with Crippen LogP contribution in [0.15, 0.2) is 53.1 Å². The summed E-state index contributed by atoms with van der Waals surface area (Å²) in [5.41, 5.74) is 1.72. The van der Waals surface area contributed by atoms with Crippen LogP contribution < -0.4 is 5.32 Å². The minimum atomic E-state index is -1.13. The van der Waals surface area contributed by atoms with Crippen LogP contribution in [0.3, 0.4) is 0 Å². The lowest BCUT2D eigenvalue weighted by Crippen LogP contribution is -2.14. The van der Waals surface area contributed by atoms with Crippen LogP contribution in [0.4, 0.5) is 0 Å². The molecule has 1 heterocycles. The fraction of sp³-hybridized carbons (Fsp3) is 0.111. The Hall–Kier alpha value is -2.34. The van der Waals surface area contributed by atoms with Crippen molar-refractivity contribution in [1.82, 2.24) is 10.5 Å². The lowest BCUT2D eigenvalue weighted by Gasteiger charge is -2.04. The van der Waals surface area contributed by atoms with Gasteiger partial charge in [-0.25, -0.2) is 4.79 Å². The van der Waals surface area contributed by atoms with Crippen LogP contribution in [-0.2, 0) is 13.1 Å². The number of aromatic nitrogens is 1. The zero-order valence-corrected chi connectivity index (χ0v) is 14.5. The topological polar surface area (TPSA) is 75.4 Å². The number of nitrogens with zero attached hydrogens (tertiary/aromatic N) is 1. The predicted octanol–water partition coefficient (Wildman–Crippen LogP) is 4.64. The number of aromatic carboxylic acids is 1. The van der Waals surface area contributed by atoms with E-state index in [0.717, 1.165) is 5.56 Å². The van der Waals surface area contributed by atoms with Crippen molar-refractivity contribution in [2.75, 3.05) is 0 Å². The van der Waals surface area contributed by atoms with Gasteiger partial charge in [0.25, 0.3) is 0 Å². The SMILES string of the molecule is O=C(O)c1c(-c2ccc(Cl)cc2Cl)noc1CNCc1ccccc1. The average Bonchev–Trinajstić information content (AvgIpc) is 3.00. The van der Waals surface area contributed by atoms with Crippen molar-refractivity contribution in [3.8, 4) is 11.3 Å². The highest BCUT2D eigenvalue weighted by molar-refractivity contribution is 6.36. The molecule has 0 atom stereocenters. The lowest BCUT2D eigenvalue weighted by molar-refractivity contribution is 0.0695. The zero-order valence-electron chi connectivity index (χ0n) is 13.0. The predicted molar refractivity (Wildman–Crippen MR) is 95.9 cm³/mol. The number of halogens is 2. The molecule has 1 aromatic heterocycles. The largest absolute Gasteiger partial charge is 0.477 e. The smallest absolute Gasteiger partial charge is 0.341 e. The van der Waals surface area contributed by atoms with E-state index in [2.05, 4.69) is 10.5 Å². The summed E-state index contributed by atoms with van der Waals surface area (Å²) in [6.07, 6.45) is 0. The summed E-state index contributed by atoms with van der Waals surface area (Å²) >= 11 is 12.0. The third-order valence-electron chi connectivity index (χ3n) is 3.62. The van der Waals surface area contributed by atoms with Crippen LogP contribution in [0.1, 0.15) is 21.7 Å². The Morgan fingerprint density at radius 2 is 1.88 bits per heavy atom. The molecule has 0 fully saturated rings. The van der Waals surface area contributed by atoms with Gasteiger partial charge in [0.1, 0.15) is 11.3 Å². The maximum atomic E-state index is 11.7. The van der Waals surface area contributed by atoms with Gasteiger partial charge in [0.05, 0.1) is 11.6 Å². The molecular formula is C18H14Cl2N2O3. The summed E-state index contributed by atoms with van der Waals surface area (Å²) < 4.78 is 5.25. The molecule has 0 aliphatic rings. The van der Waals surface area contributed by atoms with E-state index in [9.17, 15) is 9.90 Å². The van der Waals surface area contributed by atoms with E-state index >= 15 is 0 Å². The van der Waals surface area contributed by atoms with Gasteiger partial charge in [-0.05, 0) is 23.8 Å². The highest BCUT2D eigenvalue weighted by Crippen LogP contribution is 2.33. The van der Waals surface area contributed by atoms with Gasteiger partial charge in [0.2, 0.25) is 0 Å². The van der Waals surface area contributed by atoms with Crippen LogP contribution in [0.5, 0.6) is 0 Å². The van der Waals surface area contributed by atoms with Crippen LogP contribution in [0, 0.1) is 0 Å². The molecule has 25 heavy (non-hydrogen) atoms. The lowest BCUT2D eigenvalue weighted by atomic mass is 10.1. The molecule has 3 rings (SSSR count). The van der Waals surface area contributed by atoms with Gasteiger partial charge in [-0.15, -0.1) is 0 Å². The Bertz CT molecular complexity index is 895. The number of carbonyl (C=O) groups is 1. The minimum Gasteiger partial charge on any atom is -0.477 e. The van der Waals surface area contributed by atoms with Crippen molar-refractivity contribution in [3.05, 3.63) is 75.5 Å². The number of rotatable bonds is 6. The number of benzene rings is 2. The van der Waals surface area contributed by atoms with Crippen molar-refractivity contribution < 1.29 is 14.4 Å². The van der Waals surface area contributed by atoms with Crippen LogP contribution >= 0.6 is 23.2 Å². The van der Waals surface area contributed by atoms with E-state index in [1.54, 1.807) is 12.1 Å². The molecule has 7 heteroatoms. The second kappa shape index (κ2) is 7.70. The van der Waals surface area contributed by atoms with Crippen LogP contribution in [0.25, 0.3) is 11.3 Å².